The predicted molar refractivity (Wildman–Crippen MR) is 69.2 cm³/mol. The average molecular weight is 253 g/mol. The normalized spacial score (nSPS) is 18.3. The van der Waals surface area contributed by atoms with Crippen LogP contribution < -0.4 is 5.73 Å². The second-order valence-electron chi connectivity index (χ2n) is 4.92. The minimum absolute atomic E-state index is 0.407. The fourth-order valence-electron chi connectivity index (χ4n) is 2.28. The number of ether oxygens (including phenoxy) is 1. The van der Waals surface area contributed by atoms with E-state index in [0.29, 0.717) is 12.6 Å². The Kier molecular flexibility index (Phi) is 5.16. The van der Waals surface area contributed by atoms with E-state index in [1.807, 2.05) is 13.0 Å². The molecule has 0 spiro atoms. The Morgan fingerprint density at radius 3 is 2.89 bits per heavy atom. The van der Waals surface area contributed by atoms with Crippen molar-refractivity contribution in [2.24, 2.45) is 5.73 Å². The molecule has 0 bridgehead atoms. The summed E-state index contributed by atoms with van der Waals surface area (Å²) in [4.78, 5) is 2.39. The summed E-state index contributed by atoms with van der Waals surface area (Å²) in [6, 6.07) is 2.00. The molecule has 0 unspecified atom stereocenters. The highest BCUT2D eigenvalue weighted by atomic mass is 16.5. The van der Waals surface area contributed by atoms with Crippen LogP contribution in [0.4, 0.5) is 0 Å². The Morgan fingerprint density at radius 1 is 1.50 bits per heavy atom. The van der Waals surface area contributed by atoms with E-state index in [2.05, 4.69) is 10.1 Å². The van der Waals surface area contributed by atoms with Gasteiger partial charge in [-0.3, -0.25) is 4.90 Å². The highest BCUT2D eigenvalue weighted by molar-refractivity contribution is 5.02. The van der Waals surface area contributed by atoms with Crippen LogP contribution >= 0.6 is 0 Å². The van der Waals surface area contributed by atoms with Gasteiger partial charge in [0.15, 0.2) is 5.76 Å². The number of aryl methyl sites for hydroxylation is 1. The van der Waals surface area contributed by atoms with Crippen molar-refractivity contribution in [3.05, 3.63) is 17.5 Å². The third kappa shape index (κ3) is 4.08. The second-order valence-corrected chi connectivity index (χ2v) is 4.92. The Morgan fingerprint density at radius 2 is 2.28 bits per heavy atom. The second kappa shape index (κ2) is 6.87. The topological polar surface area (TPSA) is 64.5 Å². The summed E-state index contributed by atoms with van der Waals surface area (Å²) in [5, 5.41) is 3.91. The quantitative estimate of drug-likeness (QED) is 0.774. The highest BCUT2D eigenvalue weighted by Crippen LogP contribution is 2.16. The zero-order valence-corrected chi connectivity index (χ0v) is 11.1. The average Bonchev–Trinajstić information content (AvgIpc) is 2.77. The van der Waals surface area contributed by atoms with E-state index in [-0.39, 0.29) is 0 Å². The number of piperidine rings is 1. The van der Waals surface area contributed by atoms with Crippen molar-refractivity contribution in [1.82, 2.24) is 10.1 Å². The van der Waals surface area contributed by atoms with Crippen molar-refractivity contribution < 1.29 is 9.26 Å². The predicted octanol–water partition coefficient (Wildman–Crippen LogP) is 1.31. The van der Waals surface area contributed by atoms with Crippen LogP contribution in [0.3, 0.4) is 0 Å². The minimum Gasteiger partial charge on any atom is -0.378 e. The van der Waals surface area contributed by atoms with E-state index < -0.39 is 0 Å². The van der Waals surface area contributed by atoms with Gasteiger partial charge in [0.05, 0.1) is 18.3 Å². The maximum atomic E-state index is 5.78. The monoisotopic (exact) mass is 253 g/mol. The summed E-state index contributed by atoms with van der Waals surface area (Å²) < 4.78 is 11.0. The number of aromatic nitrogens is 1. The van der Waals surface area contributed by atoms with E-state index >= 15 is 0 Å². The van der Waals surface area contributed by atoms with Crippen LogP contribution in [0, 0.1) is 6.92 Å². The maximum Gasteiger partial charge on any atom is 0.150 e. The van der Waals surface area contributed by atoms with Crippen molar-refractivity contribution in [3.8, 4) is 0 Å². The van der Waals surface area contributed by atoms with Crippen LogP contribution in [-0.4, -0.2) is 42.4 Å². The molecule has 2 N–H and O–H groups in total. The van der Waals surface area contributed by atoms with Crippen molar-refractivity contribution in [1.29, 1.82) is 0 Å². The fraction of sp³-hybridized carbons (Fsp3) is 0.769. The molecule has 0 atom stereocenters. The first-order valence-electron chi connectivity index (χ1n) is 6.74. The number of nitrogens with two attached hydrogens (primary N) is 1. The van der Waals surface area contributed by atoms with Gasteiger partial charge in [-0.05, 0) is 32.7 Å². The van der Waals surface area contributed by atoms with Gasteiger partial charge in [-0.2, -0.15) is 0 Å². The molecule has 2 rings (SSSR count). The zero-order valence-electron chi connectivity index (χ0n) is 11.1. The highest BCUT2D eigenvalue weighted by Gasteiger charge is 2.20. The molecule has 0 saturated carbocycles. The van der Waals surface area contributed by atoms with E-state index in [4.69, 9.17) is 15.0 Å². The molecule has 5 heteroatoms. The largest absolute Gasteiger partial charge is 0.378 e. The SMILES string of the molecule is Cc1cc(CN2CCC(OCCCN)CC2)on1. The molecule has 1 aromatic heterocycles. The van der Waals surface area contributed by atoms with E-state index in [0.717, 1.165) is 57.0 Å². The first-order valence-corrected chi connectivity index (χ1v) is 6.74. The number of rotatable bonds is 6. The molecule has 0 aliphatic carbocycles. The first-order chi connectivity index (χ1) is 8.78. The molecule has 1 aliphatic heterocycles. The summed E-state index contributed by atoms with van der Waals surface area (Å²) in [6.07, 6.45) is 3.55. The molecular weight excluding hydrogens is 230 g/mol. The maximum absolute atomic E-state index is 5.78. The van der Waals surface area contributed by atoms with Crippen LogP contribution in [0.2, 0.25) is 0 Å². The molecule has 5 nitrogen and oxygen atoms in total. The van der Waals surface area contributed by atoms with Gasteiger partial charge in [0.1, 0.15) is 0 Å². The molecule has 2 heterocycles. The van der Waals surface area contributed by atoms with Crippen LogP contribution in [0.5, 0.6) is 0 Å². The van der Waals surface area contributed by atoms with E-state index in [1.165, 1.54) is 0 Å². The van der Waals surface area contributed by atoms with Gasteiger partial charge in [0, 0.05) is 25.8 Å². The third-order valence-electron chi connectivity index (χ3n) is 3.29. The Hall–Kier alpha value is -0.910. The van der Waals surface area contributed by atoms with Crippen molar-refractivity contribution >= 4 is 0 Å². The first kappa shape index (κ1) is 13.5. The number of nitrogens with zero attached hydrogens (tertiary/aromatic N) is 2. The molecule has 1 saturated heterocycles. The molecule has 18 heavy (non-hydrogen) atoms. The number of hydrogen-bond donors (Lipinski definition) is 1. The van der Waals surface area contributed by atoms with Gasteiger partial charge >= 0.3 is 0 Å². The van der Waals surface area contributed by atoms with E-state index in [1.54, 1.807) is 0 Å². The van der Waals surface area contributed by atoms with Gasteiger partial charge in [-0.1, -0.05) is 5.16 Å². The number of hydrogen-bond acceptors (Lipinski definition) is 5. The number of likely N-dealkylation sites (tertiary alicyclic amines) is 1. The molecule has 0 aromatic carbocycles. The third-order valence-corrected chi connectivity index (χ3v) is 3.29. The van der Waals surface area contributed by atoms with Crippen molar-refractivity contribution in [2.45, 2.75) is 38.8 Å². The van der Waals surface area contributed by atoms with Crippen molar-refractivity contribution in [3.63, 3.8) is 0 Å². The van der Waals surface area contributed by atoms with Crippen LogP contribution in [0.25, 0.3) is 0 Å². The van der Waals surface area contributed by atoms with Gasteiger partial charge in [0.2, 0.25) is 0 Å². The lowest BCUT2D eigenvalue weighted by Crippen LogP contribution is -2.36. The smallest absolute Gasteiger partial charge is 0.150 e. The summed E-state index contributed by atoms with van der Waals surface area (Å²) in [5.74, 6) is 0.954. The molecule has 0 amide bonds. The lowest BCUT2D eigenvalue weighted by molar-refractivity contribution is 0.00414. The standard InChI is InChI=1S/C13H23N3O2/c1-11-9-13(18-15-11)10-16-6-3-12(4-7-16)17-8-2-5-14/h9,12H,2-8,10,14H2,1H3. The summed E-state index contributed by atoms with van der Waals surface area (Å²) >= 11 is 0. The van der Waals surface area contributed by atoms with Crippen LogP contribution in [0.15, 0.2) is 10.6 Å². The zero-order chi connectivity index (χ0) is 12.8. The Balaban J connectivity index is 1.67. The Labute approximate surface area is 108 Å². The lowest BCUT2D eigenvalue weighted by atomic mass is 10.1. The van der Waals surface area contributed by atoms with Gasteiger partial charge < -0.3 is 15.0 Å². The van der Waals surface area contributed by atoms with Gasteiger partial charge in [-0.25, -0.2) is 0 Å². The molecular formula is C13H23N3O2. The molecule has 102 valence electrons. The van der Waals surface area contributed by atoms with Crippen LogP contribution in [0.1, 0.15) is 30.7 Å². The van der Waals surface area contributed by atoms with E-state index in [9.17, 15) is 0 Å². The summed E-state index contributed by atoms with van der Waals surface area (Å²) in [7, 11) is 0. The molecule has 1 fully saturated rings. The van der Waals surface area contributed by atoms with Crippen molar-refractivity contribution in [2.75, 3.05) is 26.2 Å². The lowest BCUT2D eigenvalue weighted by Gasteiger charge is -2.31. The van der Waals surface area contributed by atoms with Gasteiger partial charge in [-0.15, -0.1) is 0 Å². The molecule has 0 radical (unpaired) electrons. The summed E-state index contributed by atoms with van der Waals surface area (Å²) in [5.41, 5.74) is 6.40. The molecule has 1 aromatic rings. The van der Waals surface area contributed by atoms with Crippen LogP contribution in [-0.2, 0) is 11.3 Å². The fourth-order valence-corrected chi connectivity index (χ4v) is 2.28. The van der Waals surface area contributed by atoms with Gasteiger partial charge in [0.25, 0.3) is 0 Å². The Bertz CT molecular complexity index is 346. The summed E-state index contributed by atoms with van der Waals surface area (Å²) in [6.45, 7) is 6.44. The minimum atomic E-state index is 0.407. The molecule has 1 aliphatic rings.